The average molecular weight is 368 g/mol. The van der Waals surface area contributed by atoms with Gasteiger partial charge in [-0.3, -0.25) is 9.59 Å². The molecule has 2 rings (SSSR count). The number of hydrogen-bond acceptors (Lipinski definition) is 3. The Morgan fingerprint density at radius 3 is 2.22 bits per heavy atom. The van der Waals surface area contributed by atoms with Crippen LogP contribution in [0.3, 0.4) is 0 Å². The fourth-order valence-corrected chi connectivity index (χ4v) is 2.64. The highest BCUT2D eigenvalue weighted by Gasteiger charge is 2.23. The van der Waals surface area contributed by atoms with Gasteiger partial charge in [-0.25, -0.2) is 0 Å². The van der Waals surface area contributed by atoms with E-state index in [4.69, 9.17) is 0 Å². The minimum Gasteiger partial charge on any atom is -0.388 e. The predicted octanol–water partition coefficient (Wildman–Crippen LogP) is 3.25. The van der Waals surface area contributed by atoms with E-state index in [1.165, 1.54) is 0 Å². The number of aryl methyl sites for hydroxylation is 1. The topological polar surface area (TPSA) is 78.4 Å². The molecule has 2 amide bonds. The van der Waals surface area contributed by atoms with Gasteiger partial charge in [0.1, 0.15) is 0 Å². The molecule has 0 spiro atoms. The second-order valence-corrected chi connectivity index (χ2v) is 7.40. The summed E-state index contributed by atoms with van der Waals surface area (Å²) in [4.78, 5) is 24.0. The van der Waals surface area contributed by atoms with Gasteiger partial charge in [0.25, 0.3) is 0 Å². The summed E-state index contributed by atoms with van der Waals surface area (Å²) >= 11 is 0. The van der Waals surface area contributed by atoms with Crippen LogP contribution in [0.1, 0.15) is 44.2 Å². The van der Waals surface area contributed by atoms with Crippen molar-refractivity contribution in [2.45, 2.75) is 45.1 Å². The summed E-state index contributed by atoms with van der Waals surface area (Å²) < 4.78 is 0. The number of anilines is 1. The molecule has 144 valence electrons. The number of carbonyl (C=O) groups is 2. The van der Waals surface area contributed by atoms with E-state index < -0.39 is 17.4 Å². The highest BCUT2D eigenvalue weighted by Crippen LogP contribution is 2.17. The van der Waals surface area contributed by atoms with E-state index in [0.29, 0.717) is 24.4 Å². The lowest BCUT2D eigenvalue weighted by Crippen LogP contribution is -2.44. The Morgan fingerprint density at radius 2 is 1.63 bits per heavy atom. The summed E-state index contributed by atoms with van der Waals surface area (Å²) in [6.45, 7) is 5.84. The molecule has 0 radical (unpaired) electrons. The molecule has 0 heterocycles. The molecule has 5 heteroatoms. The second kappa shape index (κ2) is 9.33. The van der Waals surface area contributed by atoms with E-state index in [0.717, 1.165) is 11.1 Å². The third-order valence-corrected chi connectivity index (χ3v) is 4.47. The molecule has 0 aliphatic heterocycles. The molecule has 2 aromatic carbocycles. The molecule has 27 heavy (non-hydrogen) atoms. The van der Waals surface area contributed by atoms with E-state index in [2.05, 4.69) is 24.5 Å². The van der Waals surface area contributed by atoms with Crippen molar-refractivity contribution in [3.8, 4) is 0 Å². The van der Waals surface area contributed by atoms with E-state index in [9.17, 15) is 14.7 Å². The van der Waals surface area contributed by atoms with Crippen molar-refractivity contribution >= 4 is 17.5 Å². The SMILES string of the molecule is CC(C)c1ccc(NC(=O)C(=O)NCC(C)(O)CCc2ccccc2)cc1. The van der Waals surface area contributed by atoms with Gasteiger partial charge in [0, 0.05) is 12.2 Å². The zero-order valence-electron chi connectivity index (χ0n) is 16.2. The summed E-state index contributed by atoms with van der Waals surface area (Å²) in [5.41, 5.74) is 1.75. The van der Waals surface area contributed by atoms with Crippen LogP contribution in [0.5, 0.6) is 0 Å². The quantitative estimate of drug-likeness (QED) is 0.657. The first-order chi connectivity index (χ1) is 12.8. The van der Waals surface area contributed by atoms with Crippen molar-refractivity contribution < 1.29 is 14.7 Å². The van der Waals surface area contributed by atoms with Gasteiger partial charge in [-0.05, 0) is 48.9 Å². The van der Waals surface area contributed by atoms with E-state index in [-0.39, 0.29) is 6.54 Å². The van der Waals surface area contributed by atoms with Crippen molar-refractivity contribution in [1.29, 1.82) is 0 Å². The van der Waals surface area contributed by atoms with Crippen molar-refractivity contribution in [1.82, 2.24) is 5.32 Å². The maximum Gasteiger partial charge on any atom is 0.313 e. The molecule has 0 aromatic heterocycles. The van der Waals surface area contributed by atoms with Crippen molar-refractivity contribution in [3.63, 3.8) is 0 Å². The number of rotatable bonds is 7. The van der Waals surface area contributed by atoms with Crippen molar-refractivity contribution in [2.75, 3.05) is 11.9 Å². The molecule has 3 N–H and O–H groups in total. The fraction of sp³-hybridized carbons (Fsp3) is 0.364. The number of carbonyl (C=O) groups excluding carboxylic acids is 2. The number of nitrogens with one attached hydrogen (secondary N) is 2. The lowest BCUT2D eigenvalue weighted by molar-refractivity contribution is -0.136. The minimum absolute atomic E-state index is 0.0123. The molecule has 5 nitrogen and oxygen atoms in total. The highest BCUT2D eigenvalue weighted by molar-refractivity contribution is 6.39. The number of aliphatic hydroxyl groups is 1. The standard InChI is InChI=1S/C22H28N2O3/c1-16(2)18-9-11-19(12-10-18)24-21(26)20(25)23-15-22(3,27)14-13-17-7-5-4-6-8-17/h4-12,16,27H,13-15H2,1-3H3,(H,23,25)(H,24,26). The molecule has 0 aliphatic rings. The number of hydrogen-bond donors (Lipinski definition) is 3. The van der Waals surface area contributed by atoms with E-state index in [1.807, 2.05) is 42.5 Å². The predicted molar refractivity (Wildman–Crippen MR) is 108 cm³/mol. The van der Waals surface area contributed by atoms with Gasteiger partial charge in [0.05, 0.1) is 5.60 Å². The van der Waals surface area contributed by atoms with Crippen LogP contribution in [0.4, 0.5) is 5.69 Å². The van der Waals surface area contributed by atoms with Crippen LogP contribution in [-0.4, -0.2) is 29.1 Å². The summed E-state index contributed by atoms with van der Waals surface area (Å²) in [6, 6.07) is 17.2. The van der Waals surface area contributed by atoms with Gasteiger partial charge >= 0.3 is 11.8 Å². The van der Waals surface area contributed by atoms with Crippen LogP contribution in [-0.2, 0) is 16.0 Å². The Labute approximate surface area is 160 Å². The molecule has 2 aromatic rings. The third-order valence-electron chi connectivity index (χ3n) is 4.47. The first-order valence-electron chi connectivity index (χ1n) is 9.22. The highest BCUT2D eigenvalue weighted by atomic mass is 16.3. The largest absolute Gasteiger partial charge is 0.388 e. The van der Waals surface area contributed by atoms with Crippen LogP contribution >= 0.6 is 0 Å². The monoisotopic (exact) mass is 368 g/mol. The first kappa shape index (κ1) is 20.6. The summed E-state index contributed by atoms with van der Waals surface area (Å²) in [5.74, 6) is -1.11. The Balaban J connectivity index is 1.80. The van der Waals surface area contributed by atoms with Crippen molar-refractivity contribution in [2.24, 2.45) is 0 Å². The van der Waals surface area contributed by atoms with Crippen LogP contribution in [0.2, 0.25) is 0 Å². The first-order valence-corrected chi connectivity index (χ1v) is 9.22. The molecule has 1 unspecified atom stereocenters. The van der Waals surface area contributed by atoms with Gasteiger partial charge in [-0.2, -0.15) is 0 Å². The maximum atomic E-state index is 12.0. The summed E-state index contributed by atoms with van der Waals surface area (Å²) in [5, 5.41) is 15.5. The van der Waals surface area contributed by atoms with E-state index in [1.54, 1.807) is 19.1 Å². The molecule has 1 atom stereocenters. The molecule has 0 bridgehead atoms. The molecule has 0 saturated heterocycles. The summed E-state index contributed by atoms with van der Waals surface area (Å²) in [6.07, 6.45) is 1.17. The summed E-state index contributed by atoms with van der Waals surface area (Å²) in [7, 11) is 0. The normalized spacial score (nSPS) is 13.1. The third kappa shape index (κ3) is 6.87. The fourth-order valence-electron chi connectivity index (χ4n) is 2.64. The zero-order chi connectivity index (χ0) is 19.9. The maximum absolute atomic E-state index is 12.0. The Bertz CT molecular complexity index is 753. The molecular weight excluding hydrogens is 340 g/mol. The molecule has 0 aliphatic carbocycles. The van der Waals surface area contributed by atoms with Gasteiger partial charge in [-0.1, -0.05) is 56.3 Å². The Kier molecular flexibility index (Phi) is 7.13. The molecule has 0 saturated carbocycles. The zero-order valence-corrected chi connectivity index (χ0v) is 16.2. The van der Waals surface area contributed by atoms with E-state index >= 15 is 0 Å². The lowest BCUT2D eigenvalue weighted by Gasteiger charge is -2.23. The van der Waals surface area contributed by atoms with Crippen LogP contribution in [0.25, 0.3) is 0 Å². The number of benzene rings is 2. The van der Waals surface area contributed by atoms with Gasteiger partial charge in [-0.15, -0.1) is 0 Å². The Hall–Kier alpha value is -2.66. The van der Waals surface area contributed by atoms with Crippen LogP contribution in [0, 0.1) is 0 Å². The molecular formula is C22H28N2O3. The second-order valence-electron chi connectivity index (χ2n) is 7.40. The smallest absolute Gasteiger partial charge is 0.313 e. The number of amides is 2. The Morgan fingerprint density at radius 1 is 1.00 bits per heavy atom. The van der Waals surface area contributed by atoms with Gasteiger partial charge in [0.15, 0.2) is 0 Å². The minimum atomic E-state index is -1.09. The van der Waals surface area contributed by atoms with Gasteiger partial charge < -0.3 is 15.7 Å². The van der Waals surface area contributed by atoms with Crippen molar-refractivity contribution in [3.05, 3.63) is 65.7 Å². The van der Waals surface area contributed by atoms with Gasteiger partial charge in [0.2, 0.25) is 0 Å². The molecule has 0 fully saturated rings. The van der Waals surface area contributed by atoms with Crippen LogP contribution < -0.4 is 10.6 Å². The van der Waals surface area contributed by atoms with Crippen LogP contribution in [0.15, 0.2) is 54.6 Å². The lowest BCUT2D eigenvalue weighted by atomic mass is 9.97. The average Bonchev–Trinajstić information content (AvgIpc) is 2.66.